The number of hydrogen-bond donors (Lipinski definition) is 1. The minimum absolute atomic E-state index is 0.000430. The summed E-state index contributed by atoms with van der Waals surface area (Å²) in [5.74, 6) is -0.121. The average Bonchev–Trinajstić information content (AvgIpc) is 2.56. The Hall–Kier alpha value is -2.62. The molecule has 0 aliphatic carbocycles. The first-order valence-corrected chi connectivity index (χ1v) is 7.70. The van der Waals surface area contributed by atoms with E-state index >= 15 is 0 Å². The molecule has 0 unspecified atom stereocenters. The van der Waals surface area contributed by atoms with Crippen molar-refractivity contribution in [2.75, 3.05) is 13.1 Å². The number of benzene rings is 2. The summed E-state index contributed by atoms with van der Waals surface area (Å²) in [4.78, 5) is 25.5. The van der Waals surface area contributed by atoms with Crippen LogP contribution in [0.4, 0.5) is 0 Å². The van der Waals surface area contributed by atoms with E-state index in [1.54, 1.807) is 24.0 Å². The third kappa shape index (κ3) is 5.25. The molecule has 2 amide bonds. The Bertz CT molecular complexity index is 651. The van der Waals surface area contributed by atoms with Crippen molar-refractivity contribution in [2.45, 2.75) is 20.4 Å². The van der Waals surface area contributed by atoms with Gasteiger partial charge >= 0.3 is 0 Å². The number of carbonyl (C=O) groups is 2. The fourth-order valence-corrected chi connectivity index (χ4v) is 2.26. The third-order valence-electron chi connectivity index (χ3n) is 3.64. The van der Waals surface area contributed by atoms with Crippen LogP contribution in [0.2, 0.25) is 0 Å². The van der Waals surface area contributed by atoms with E-state index < -0.39 is 0 Å². The molecule has 1 N–H and O–H groups in total. The quantitative estimate of drug-likeness (QED) is 0.892. The van der Waals surface area contributed by atoms with Crippen molar-refractivity contribution in [1.29, 1.82) is 0 Å². The Morgan fingerprint density at radius 2 is 1.65 bits per heavy atom. The van der Waals surface area contributed by atoms with E-state index in [9.17, 15) is 9.59 Å². The van der Waals surface area contributed by atoms with Crippen LogP contribution in [-0.4, -0.2) is 29.8 Å². The lowest BCUT2D eigenvalue weighted by Crippen LogP contribution is -2.37. The van der Waals surface area contributed by atoms with Crippen LogP contribution in [-0.2, 0) is 11.3 Å². The lowest BCUT2D eigenvalue weighted by Gasteiger charge is -2.21. The number of amides is 2. The zero-order chi connectivity index (χ0) is 16.7. The molecule has 0 saturated carbocycles. The Balaban J connectivity index is 1.86. The smallest absolute Gasteiger partial charge is 0.251 e. The van der Waals surface area contributed by atoms with E-state index in [0.717, 1.165) is 5.56 Å². The monoisotopic (exact) mass is 310 g/mol. The van der Waals surface area contributed by atoms with Crippen molar-refractivity contribution in [3.8, 4) is 0 Å². The molecule has 4 heteroatoms. The summed E-state index contributed by atoms with van der Waals surface area (Å²) in [6.45, 7) is 5.05. The minimum Gasteiger partial charge on any atom is -0.350 e. The van der Waals surface area contributed by atoms with E-state index in [4.69, 9.17) is 0 Å². The van der Waals surface area contributed by atoms with Gasteiger partial charge in [-0.2, -0.15) is 0 Å². The van der Waals surface area contributed by atoms with Gasteiger partial charge in [0.05, 0.1) is 0 Å². The van der Waals surface area contributed by atoms with E-state index in [1.807, 2.05) is 49.4 Å². The molecule has 2 rings (SSSR count). The van der Waals surface area contributed by atoms with Crippen molar-refractivity contribution in [2.24, 2.45) is 0 Å². The van der Waals surface area contributed by atoms with Gasteiger partial charge in [-0.1, -0.05) is 48.0 Å². The molecule has 0 aromatic heterocycles. The number of aryl methyl sites for hydroxylation is 1. The van der Waals surface area contributed by atoms with Crippen molar-refractivity contribution in [3.63, 3.8) is 0 Å². The molecule has 2 aromatic carbocycles. The van der Waals surface area contributed by atoms with Crippen molar-refractivity contribution < 1.29 is 9.59 Å². The van der Waals surface area contributed by atoms with Gasteiger partial charge in [-0.15, -0.1) is 0 Å². The molecule has 0 saturated heterocycles. The highest BCUT2D eigenvalue weighted by Crippen LogP contribution is 2.07. The van der Waals surface area contributed by atoms with Crippen molar-refractivity contribution in [3.05, 3.63) is 71.3 Å². The van der Waals surface area contributed by atoms with Gasteiger partial charge in [0, 0.05) is 32.1 Å². The van der Waals surface area contributed by atoms with Gasteiger partial charge in [0.25, 0.3) is 5.91 Å². The molecule has 0 bridgehead atoms. The maximum absolute atomic E-state index is 12.0. The number of carbonyl (C=O) groups excluding carboxylic acids is 2. The molecule has 2 aromatic rings. The summed E-state index contributed by atoms with van der Waals surface area (Å²) < 4.78 is 0. The molecule has 0 atom stereocenters. The van der Waals surface area contributed by atoms with Crippen LogP contribution in [0.5, 0.6) is 0 Å². The summed E-state index contributed by atoms with van der Waals surface area (Å²) >= 11 is 0. The van der Waals surface area contributed by atoms with Crippen LogP contribution in [0.15, 0.2) is 54.6 Å². The highest BCUT2D eigenvalue weighted by atomic mass is 16.2. The van der Waals surface area contributed by atoms with Crippen LogP contribution < -0.4 is 5.32 Å². The molecule has 4 nitrogen and oxygen atoms in total. The van der Waals surface area contributed by atoms with Crippen molar-refractivity contribution >= 4 is 11.8 Å². The molecule has 0 heterocycles. The molecule has 0 radical (unpaired) electrons. The third-order valence-corrected chi connectivity index (χ3v) is 3.64. The summed E-state index contributed by atoms with van der Waals surface area (Å²) in [6.07, 6.45) is 0. The average molecular weight is 310 g/mol. The molecular weight excluding hydrogens is 288 g/mol. The summed E-state index contributed by atoms with van der Waals surface area (Å²) in [6, 6.07) is 17.2. The molecule has 0 aliphatic heterocycles. The Labute approximate surface area is 137 Å². The van der Waals surface area contributed by atoms with Crippen LogP contribution in [0.3, 0.4) is 0 Å². The molecule has 0 aliphatic rings. The molecule has 120 valence electrons. The normalized spacial score (nSPS) is 10.2. The molecule has 0 fully saturated rings. The molecule has 23 heavy (non-hydrogen) atoms. The summed E-state index contributed by atoms with van der Waals surface area (Å²) in [5.41, 5.74) is 2.90. The van der Waals surface area contributed by atoms with Crippen LogP contribution in [0.1, 0.15) is 28.4 Å². The summed E-state index contributed by atoms with van der Waals surface area (Å²) in [7, 11) is 0. The number of nitrogens with zero attached hydrogens (tertiary/aromatic N) is 1. The maximum Gasteiger partial charge on any atom is 0.251 e. The van der Waals surface area contributed by atoms with Gasteiger partial charge in [0.15, 0.2) is 0 Å². The van der Waals surface area contributed by atoms with E-state index in [1.165, 1.54) is 5.56 Å². The first-order valence-electron chi connectivity index (χ1n) is 7.70. The first-order chi connectivity index (χ1) is 11.1. The fourth-order valence-electron chi connectivity index (χ4n) is 2.26. The van der Waals surface area contributed by atoms with Crippen LogP contribution in [0, 0.1) is 6.92 Å². The topological polar surface area (TPSA) is 49.4 Å². The van der Waals surface area contributed by atoms with E-state index in [0.29, 0.717) is 25.2 Å². The lowest BCUT2D eigenvalue weighted by molar-refractivity contribution is -0.129. The van der Waals surface area contributed by atoms with Gasteiger partial charge in [0.2, 0.25) is 5.91 Å². The summed E-state index contributed by atoms with van der Waals surface area (Å²) in [5, 5.41) is 2.85. The van der Waals surface area contributed by atoms with Crippen LogP contribution >= 0.6 is 0 Å². The minimum atomic E-state index is -0.121. The Morgan fingerprint density at radius 1 is 1.00 bits per heavy atom. The second-order valence-corrected chi connectivity index (χ2v) is 5.55. The lowest BCUT2D eigenvalue weighted by atomic mass is 10.1. The predicted octanol–water partition coefficient (Wildman–Crippen LogP) is 2.77. The number of nitrogens with one attached hydrogen (secondary N) is 1. The van der Waals surface area contributed by atoms with Gasteiger partial charge in [-0.25, -0.2) is 0 Å². The zero-order valence-corrected chi connectivity index (χ0v) is 13.6. The second-order valence-electron chi connectivity index (χ2n) is 5.55. The Kier molecular flexibility index (Phi) is 5.92. The zero-order valence-electron chi connectivity index (χ0n) is 13.6. The van der Waals surface area contributed by atoms with Crippen LogP contribution in [0.25, 0.3) is 0 Å². The van der Waals surface area contributed by atoms with E-state index in [2.05, 4.69) is 5.32 Å². The van der Waals surface area contributed by atoms with Crippen molar-refractivity contribution in [1.82, 2.24) is 10.2 Å². The molecular formula is C19H22N2O2. The molecule has 0 spiro atoms. The van der Waals surface area contributed by atoms with Gasteiger partial charge in [-0.05, 0) is 24.6 Å². The van der Waals surface area contributed by atoms with Gasteiger partial charge in [0.1, 0.15) is 0 Å². The van der Waals surface area contributed by atoms with Gasteiger partial charge in [-0.3, -0.25) is 9.59 Å². The number of hydrogen-bond acceptors (Lipinski definition) is 2. The second kappa shape index (κ2) is 8.13. The largest absolute Gasteiger partial charge is 0.350 e. The maximum atomic E-state index is 12.0. The highest BCUT2D eigenvalue weighted by Gasteiger charge is 2.10. The fraction of sp³-hybridized carbons (Fsp3) is 0.263. The van der Waals surface area contributed by atoms with E-state index in [-0.39, 0.29) is 11.8 Å². The SMILES string of the molecule is CC(=O)N(CCNC(=O)c1ccccc1)Cc1ccc(C)cc1. The number of rotatable bonds is 6. The standard InChI is InChI=1S/C19H22N2O2/c1-15-8-10-17(11-9-15)14-21(16(2)22)13-12-20-19(23)18-6-4-3-5-7-18/h3-11H,12-14H2,1-2H3,(H,20,23). The Morgan fingerprint density at radius 3 is 2.26 bits per heavy atom. The highest BCUT2D eigenvalue weighted by molar-refractivity contribution is 5.94. The first kappa shape index (κ1) is 16.7. The van der Waals surface area contributed by atoms with Gasteiger partial charge < -0.3 is 10.2 Å². The predicted molar refractivity (Wildman–Crippen MR) is 91.0 cm³/mol.